The van der Waals surface area contributed by atoms with Gasteiger partial charge < -0.3 is 9.80 Å². The number of pyridine rings is 2. The zero-order valence-corrected chi connectivity index (χ0v) is 25.5. The van der Waals surface area contributed by atoms with E-state index in [1.165, 1.54) is 22.8 Å². The number of aromatic nitrogens is 4. The molecule has 0 unspecified atom stereocenters. The summed E-state index contributed by atoms with van der Waals surface area (Å²) < 4.78 is 16.9. The molecule has 1 aliphatic carbocycles. The molecule has 0 radical (unpaired) electrons. The quantitative estimate of drug-likeness (QED) is 0.246. The Morgan fingerprint density at radius 3 is 2.60 bits per heavy atom. The van der Waals surface area contributed by atoms with E-state index in [4.69, 9.17) is 16.6 Å². The first kappa shape index (κ1) is 29.0. The van der Waals surface area contributed by atoms with E-state index in [9.17, 15) is 9.59 Å². The highest BCUT2D eigenvalue weighted by molar-refractivity contribution is 6.30. The van der Waals surface area contributed by atoms with Crippen LogP contribution in [0.3, 0.4) is 0 Å². The van der Waals surface area contributed by atoms with Gasteiger partial charge >= 0.3 is 5.69 Å². The fourth-order valence-electron chi connectivity index (χ4n) is 6.05. The molecule has 8 nitrogen and oxygen atoms in total. The van der Waals surface area contributed by atoms with Gasteiger partial charge in [-0.1, -0.05) is 32.0 Å². The van der Waals surface area contributed by atoms with E-state index in [0.29, 0.717) is 58.5 Å². The number of amides is 1. The van der Waals surface area contributed by atoms with Gasteiger partial charge in [-0.3, -0.25) is 9.78 Å². The van der Waals surface area contributed by atoms with Crippen molar-refractivity contribution in [3.63, 3.8) is 0 Å². The second kappa shape index (κ2) is 11.2. The van der Waals surface area contributed by atoms with Crippen LogP contribution in [0.1, 0.15) is 62.3 Å². The van der Waals surface area contributed by atoms with Crippen molar-refractivity contribution in [1.29, 1.82) is 0 Å². The van der Waals surface area contributed by atoms with Gasteiger partial charge in [0, 0.05) is 42.5 Å². The Balaban J connectivity index is 1.67. The number of nitrogens with zero attached hydrogens (tertiary/aromatic N) is 6. The average molecular weight is 601 g/mol. The zero-order valence-electron chi connectivity index (χ0n) is 24.8. The molecule has 3 aromatic heterocycles. The molecule has 0 N–H and O–H groups in total. The van der Waals surface area contributed by atoms with Crippen molar-refractivity contribution < 1.29 is 9.18 Å². The lowest BCUT2D eigenvalue weighted by atomic mass is 9.99. The molecule has 4 aromatic rings. The first-order valence-corrected chi connectivity index (χ1v) is 15.0. The van der Waals surface area contributed by atoms with Crippen molar-refractivity contribution in [3.05, 3.63) is 87.3 Å². The van der Waals surface area contributed by atoms with Crippen LogP contribution in [0.2, 0.25) is 5.02 Å². The molecule has 0 spiro atoms. The lowest BCUT2D eigenvalue weighted by molar-refractivity contribution is -0.126. The molecule has 4 heterocycles. The van der Waals surface area contributed by atoms with E-state index in [0.717, 1.165) is 29.7 Å². The molecule has 6 rings (SSSR count). The molecule has 2 aliphatic rings. The summed E-state index contributed by atoms with van der Waals surface area (Å²) in [7, 11) is 0. The van der Waals surface area contributed by atoms with Crippen molar-refractivity contribution in [3.8, 4) is 16.9 Å². The van der Waals surface area contributed by atoms with E-state index < -0.39 is 11.5 Å². The maximum absolute atomic E-state index is 15.4. The Bertz CT molecular complexity index is 1830. The average Bonchev–Trinajstić information content (AvgIpc) is 3.83. The normalized spacial score (nSPS) is 17.1. The number of benzene rings is 1. The first-order chi connectivity index (χ1) is 20.6. The van der Waals surface area contributed by atoms with Crippen LogP contribution in [-0.4, -0.2) is 56.0 Å². The lowest BCUT2D eigenvalue weighted by Crippen LogP contribution is -2.54. The number of aryl methyl sites for hydroxylation is 1. The highest BCUT2D eigenvalue weighted by Crippen LogP contribution is 2.46. The Labute approximate surface area is 254 Å². The van der Waals surface area contributed by atoms with Gasteiger partial charge in [0.2, 0.25) is 5.91 Å². The van der Waals surface area contributed by atoms with Crippen LogP contribution in [0.15, 0.2) is 54.0 Å². The smallest absolute Gasteiger partial charge is 0.350 e. The molecule has 222 valence electrons. The molecule has 43 heavy (non-hydrogen) atoms. The number of anilines is 1. The predicted molar refractivity (Wildman–Crippen MR) is 168 cm³/mol. The van der Waals surface area contributed by atoms with Crippen molar-refractivity contribution >= 4 is 34.4 Å². The van der Waals surface area contributed by atoms with Gasteiger partial charge in [0.1, 0.15) is 11.6 Å². The third-order valence-electron chi connectivity index (χ3n) is 8.39. The molecule has 0 bridgehead atoms. The Morgan fingerprint density at radius 1 is 1.16 bits per heavy atom. The maximum atomic E-state index is 15.4. The van der Waals surface area contributed by atoms with Crippen molar-refractivity contribution in [1.82, 2.24) is 24.4 Å². The van der Waals surface area contributed by atoms with Crippen LogP contribution >= 0.6 is 11.6 Å². The van der Waals surface area contributed by atoms with Gasteiger partial charge in [0.25, 0.3) is 0 Å². The van der Waals surface area contributed by atoms with Crippen molar-refractivity contribution in [2.45, 2.75) is 58.4 Å². The van der Waals surface area contributed by atoms with E-state index in [2.05, 4.69) is 21.4 Å². The van der Waals surface area contributed by atoms with E-state index in [1.54, 1.807) is 17.2 Å². The molecule has 10 heteroatoms. The summed E-state index contributed by atoms with van der Waals surface area (Å²) in [6, 6.07) is 8.23. The van der Waals surface area contributed by atoms with Crippen LogP contribution in [0.5, 0.6) is 0 Å². The summed E-state index contributed by atoms with van der Waals surface area (Å²) in [5.74, 6) is 0.179. The summed E-state index contributed by atoms with van der Waals surface area (Å²) in [5, 5.41) is 1.10. The number of rotatable bonds is 6. The number of hydrogen-bond acceptors (Lipinski definition) is 6. The molecule has 1 aromatic carbocycles. The first-order valence-electron chi connectivity index (χ1n) is 14.7. The van der Waals surface area contributed by atoms with Gasteiger partial charge in [-0.2, -0.15) is 4.98 Å². The number of carbonyl (C=O) groups is 1. The van der Waals surface area contributed by atoms with Crippen LogP contribution < -0.4 is 10.6 Å². The summed E-state index contributed by atoms with van der Waals surface area (Å²) in [4.78, 5) is 44.7. The number of fused-ring (bicyclic) bond motifs is 1. The number of piperazine rings is 1. The number of hydrogen-bond donors (Lipinski definition) is 0. The molecule has 1 saturated carbocycles. The predicted octanol–water partition coefficient (Wildman–Crippen LogP) is 6.17. The summed E-state index contributed by atoms with van der Waals surface area (Å²) >= 11 is 6.34. The van der Waals surface area contributed by atoms with Gasteiger partial charge in [0.15, 0.2) is 5.65 Å². The Morgan fingerprint density at radius 2 is 1.93 bits per heavy atom. The Hall–Kier alpha value is -4.11. The van der Waals surface area contributed by atoms with Crippen molar-refractivity contribution in [2.75, 3.05) is 24.5 Å². The monoisotopic (exact) mass is 600 g/mol. The van der Waals surface area contributed by atoms with Crippen LogP contribution in [0, 0.1) is 12.7 Å². The van der Waals surface area contributed by atoms with Gasteiger partial charge in [0.05, 0.1) is 22.5 Å². The SMILES string of the molecule is C=CC(=O)N1CCN(c2nc(=O)n(-c3c(C)ccnc3C(C)C)c3nc(-c4cc(Cl)ccc4F)c(C4CC4)cc23)[C@@H](C)C1. The molecule has 1 saturated heterocycles. The van der Waals surface area contributed by atoms with Crippen LogP contribution in [0.4, 0.5) is 10.2 Å². The van der Waals surface area contributed by atoms with Gasteiger partial charge in [-0.05, 0) is 86.1 Å². The summed E-state index contributed by atoms with van der Waals surface area (Å²) in [6.45, 7) is 13.0. The van der Waals surface area contributed by atoms with Crippen molar-refractivity contribution in [2.24, 2.45) is 0 Å². The standard InChI is InChI=1S/C33H34ClFN6O2/c1-6-27(42)39-13-14-40(20(5)17-39)31-25-16-23(21-7-8-21)29(24-15-22(34)9-10-26(24)35)37-32(25)41(33(43)38-31)30-19(4)11-12-36-28(30)18(2)3/h6,9-12,15-16,18,20-21H,1,7-8,13-14,17H2,2-5H3/t20-/m0/s1. The maximum Gasteiger partial charge on any atom is 0.355 e. The third-order valence-corrected chi connectivity index (χ3v) is 8.62. The third kappa shape index (κ3) is 5.20. The second-order valence-electron chi connectivity index (χ2n) is 11.8. The van der Waals surface area contributed by atoms with E-state index in [-0.39, 0.29) is 23.8 Å². The molecule has 1 atom stereocenters. The molecular formula is C33H34ClFN6O2. The molecule has 2 fully saturated rings. The highest BCUT2D eigenvalue weighted by Gasteiger charge is 2.33. The largest absolute Gasteiger partial charge is 0.355 e. The summed E-state index contributed by atoms with van der Waals surface area (Å²) in [6.07, 6.45) is 4.98. The molecule has 1 amide bonds. The van der Waals surface area contributed by atoms with Gasteiger partial charge in [-0.15, -0.1) is 0 Å². The van der Waals surface area contributed by atoms with E-state index in [1.807, 2.05) is 39.8 Å². The van der Waals surface area contributed by atoms with E-state index >= 15 is 4.39 Å². The zero-order chi connectivity index (χ0) is 30.6. The van der Waals surface area contributed by atoms with Gasteiger partial charge in [-0.25, -0.2) is 18.7 Å². The highest BCUT2D eigenvalue weighted by atomic mass is 35.5. The second-order valence-corrected chi connectivity index (χ2v) is 12.2. The number of halogens is 2. The fraction of sp³-hybridized carbons (Fsp3) is 0.364. The van der Waals surface area contributed by atoms with Crippen LogP contribution in [0.25, 0.3) is 28.0 Å². The van der Waals surface area contributed by atoms with Crippen LogP contribution in [-0.2, 0) is 4.79 Å². The lowest BCUT2D eigenvalue weighted by Gasteiger charge is -2.40. The molecular weight excluding hydrogens is 567 g/mol. The minimum atomic E-state index is -0.499. The Kier molecular flexibility index (Phi) is 7.54. The summed E-state index contributed by atoms with van der Waals surface area (Å²) in [5.41, 5.74) is 3.78. The number of carbonyl (C=O) groups excluding carboxylic acids is 1. The minimum absolute atomic E-state index is 0.0163. The topological polar surface area (TPSA) is 84.2 Å². The minimum Gasteiger partial charge on any atom is -0.350 e. The molecule has 1 aliphatic heterocycles. The fourth-order valence-corrected chi connectivity index (χ4v) is 6.22.